The van der Waals surface area contributed by atoms with Crippen molar-refractivity contribution in [3.05, 3.63) is 53.7 Å². The molecule has 2 saturated heterocycles. The van der Waals surface area contributed by atoms with Gasteiger partial charge in [-0.15, -0.1) is 0 Å². The van der Waals surface area contributed by atoms with Crippen LogP contribution in [0, 0.1) is 12.8 Å². The fourth-order valence-corrected chi connectivity index (χ4v) is 4.62. The van der Waals surface area contributed by atoms with E-state index in [-0.39, 0.29) is 11.8 Å². The topological polar surface area (TPSA) is 69.9 Å². The van der Waals surface area contributed by atoms with Crippen molar-refractivity contribution >= 4 is 11.8 Å². The molecule has 1 atom stereocenters. The number of piperazine rings is 1. The summed E-state index contributed by atoms with van der Waals surface area (Å²) in [4.78, 5) is 35.7. The van der Waals surface area contributed by atoms with Crippen molar-refractivity contribution in [1.29, 1.82) is 0 Å². The number of oxazole rings is 1. The van der Waals surface area contributed by atoms with E-state index in [1.54, 1.807) is 6.92 Å². The number of hydrogen-bond acceptors (Lipinski definition) is 5. The molecular formula is C24H32N4O3. The maximum Gasteiger partial charge on any atom is 0.291 e. The molecule has 166 valence electrons. The number of likely N-dealkylation sites (tertiary alicyclic amines) is 1. The van der Waals surface area contributed by atoms with Crippen LogP contribution < -0.4 is 0 Å². The van der Waals surface area contributed by atoms with E-state index in [0.29, 0.717) is 30.3 Å². The Hall–Kier alpha value is -2.67. The van der Waals surface area contributed by atoms with E-state index in [9.17, 15) is 9.59 Å². The first-order chi connectivity index (χ1) is 15.1. The summed E-state index contributed by atoms with van der Waals surface area (Å²) < 4.78 is 5.27. The minimum Gasteiger partial charge on any atom is -0.438 e. The maximum atomic E-state index is 12.8. The van der Waals surface area contributed by atoms with Crippen LogP contribution in [0.1, 0.15) is 47.5 Å². The minimum atomic E-state index is -0.0828. The van der Waals surface area contributed by atoms with Crippen LogP contribution in [0.5, 0.6) is 0 Å². The van der Waals surface area contributed by atoms with E-state index in [1.807, 2.05) is 15.9 Å². The molecule has 0 aliphatic carbocycles. The van der Waals surface area contributed by atoms with Gasteiger partial charge in [-0.2, -0.15) is 0 Å². The number of rotatable bonds is 6. The predicted octanol–water partition coefficient (Wildman–Crippen LogP) is 2.96. The van der Waals surface area contributed by atoms with Crippen LogP contribution in [0.3, 0.4) is 0 Å². The van der Waals surface area contributed by atoms with Gasteiger partial charge in [0.2, 0.25) is 11.7 Å². The number of aryl methyl sites for hydroxylation is 1. The highest BCUT2D eigenvalue weighted by Crippen LogP contribution is 2.24. The van der Waals surface area contributed by atoms with Gasteiger partial charge in [-0.25, -0.2) is 4.98 Å². The Balaban J connectivity index is 1.20. The van der Waals surface area contributed by atoms with E-state index < -0.39 is 0 Å². The lowest BCUT2D eigenvalue weighted by Gasteiger charge is -2.36. The predicted molar refractivity (Wildman–Crippen MR) is 117 cm³/mol. The van der Waals surface area contributed by atoms with Gasteiger partial charge < -0.3 is 14.2 Å². The SMILES string of the molecule is Cc1ncoc1C(=O)N1CCC[C@@H](CCC(=O)N2CCN(Cc3ccccc3)CC2)C1. The first kappa shape index (κ1) is 21.6. The molecule has 0 spiro atoms. The number of carbonyl (C=O) groups excluding carboxylic acids is 2. The number of piperidine rings is 1. The molecule has 1 aromatic carbocycles. The molecule has 0 bridgehead atoms. The maximum absolute atomic E-state index is 12.8. The second-order valence-electron chi connectivity index (χ2n) is 8.71. The molecule has 2 fully saturated rings. The molecular weight excluding hydrogens is 392 g/mol. The van der Waals surface area contributed by atoms with E-state index in [0.717, 1.165) is 58.5 Å². The second-order valence-corrected chi connectivity index (χ2v) is 8.71. The van der Waals surface area contributed by atoms with Crippen LogP contribution in [0.4, 0.5) is 0 Å². The molecule has 2 amide bonds. The normalized spacial score (nSPS) is 20.1. The Morgan fingerprint density at radius 3 is 2.55 bits per heavy atom. The van der Waals surface area contributed by atoms with Crippen LogP contribution in [0.15, 0.2) is 41.1 Å². The quantitative estimate of drug-likeness (QED) is 0.713. The van der Waals surface area contributed by atoms with Gasteiger partial charge in [-0.1, -0.05) is 30.3 Å². The molecule has 2 aliphatic rings. The van der Waals surface area contributed by atoms with E-state index in [2.05, 4.69) is 34.1 Å². The molecule has 0 radical (unpaired) electrons. The summed E-state index contributed by atoms with van der Waals surface area (Å²) in [6.07, 6.45) is 4.75. The molecule has 7 nitrogen and oxygen atoms in total. The molecule has 4 rings (SSSR count). The van der Waals surface area contributed by atoms with Gasteiger partial charge in [0.15, 0.2) is 6.39 Å². The summed E-state index contributed by atoms with van der Waals surface area (Å²) in [5.41, 5.74) is 1.95. The third-order valence-corrected chi connectivity index (χ3v) is 6.49. The van der Waals surface area contributed by atoms with Crippen LogP contribution >= 0.6 is 0 Å². The molecule has 2 aromatic rings. The van der Waals surface area contributed by atoms with Crippen LogP contribution in [0.25, 0.3) is 0 Å². The van der Waals surface area contributed by atoms with Crippen molar-refractivity contribution in [2.24, 2.45) is 5.92 Å². The molecule has 1 aromatic heterocycles. The van der Waals surface area contributed by atoms with Crippen molar-refractivity contribution in [3.8, 4) is 0 Å². The van der Waals surface area contributed by atoms with Gasteiger partial charge in [0.1, 0.15) is 0 Å². The van der Waals surface area contributed by atoms with Gasteiger partial charge in [0.05, 0.1) is 5.69 Å². The first-order valence-corrected chi connectivity index (χ1v) is 11.3. The fourth-order valence-electron chi connectivity index (χ4n) is 4.62. The summed E-state index contributed by atoms with van der Waals surface area (Å²) in [6, 6.07) is 10.5. The highest BCUT2D eigenvalue weighted by molar-refractivity contribution is 5.92. The third-order valence-electron chi connectivity index (χ3n) is 6.49. The highest BCUT2D eigenvalue weighted by Gasteiger charge is 2.28. The van der Waals surface area contributed by atoms with E-state index >= 15 is 0 Å². The highest BCUT2D eigenvalue weighted by atomic mass is 16.3. The summed E-state index contributed by atoms with van der Waals surface area (Å²) in [5.74, 6) is 0.865. The van der Waals surface area contributed by atoms with Crippen molar-refractivity contribution in [1.82, 2.24) is 19.7 Å². The van der Waals surface area contributed by atoms with Gasteiger partial charge in [-0.05, 0) is 37.7 Å². The van der Waals surface area contributed by atoms with Crippen LogP contribution in [-0.4, -0.2) is 70.8 Å². The van der Waals surface area contributed by atoms with Crippen molar-refractivity contribution in [2.45, 2.75) is 39.2 Å². The van der Waals surface area contributed by atoms with Gasteiger partial charge >= 0.3 is 0 Å². The third kappa shape index (κ3) is 5.53. The zero-order valence-corrected chi connectivity index (χ0v) is 18.3. The Labute approximate surface area is 184 Å². The van der Waals surface area contributed by atoms with Gasteiger partial charge in [0, 0.05) is 52.2 Å². The fraction of sp³-hybridized carbons (Fsp3) is 0.542. The summed E-state index contributed by atoms with van der Waals surface area (Å²) in [5, 5.41) is 0. The Bertz CT molecular complexity index is 874. The summed E-state index contributed by atoms with van der Waals surface area (Å²) >= 11 is 0. The molecule has 0 unspecified atom stereocenters. The monoisotopic (exact) mass is 424 g/mol. The molecule has 7 heteroatoms. The number of nitrogens with zero attached hydrogens (tertiary/aromatic N) is 4. The largest absolute Gasteiger partial charge is 0.438 e. The van der Waals surface area contributed by atoms with Crippen molar-refractivity contribution in [3.63, 3.8) is 0 Å². The zero-order chi connectivity index (χ0) is 21.6. The van der Waals surface area contributed by atoms with Gasteiger partial charge in [0.25, 0.3) is 5.91 Å². The van der Waals surface area contributed by atoms with Crippen LogP contribution in [-0.2, 0) is 11.3 Å². The van der Waals surface area contributed by atoms with E-state index in [4.69, 9.17) is 4.42 Å². The number of amides is 2. The lowest BCUT2D eigenvalue weighted by atomic mass is 9.93. The zero-order valence-electron chi connectivity index (χ0n) is 18.3. The molecule has 0 N–H and O–H groups in total. The average molecular weight is 425 g/mol. The van der Waals surface area contributed by atoms with Crippen molar-refractivity contribution < 1.29 is 14.0 Å². The Kier molecular flexibility index (Phi) is 7.02. The number of aromatic nitrogens is 1. The second kappa shape index (κ2) is 10.1. The molecule has 31 heavy (non-hydrogen) atoms. The number of carbonyl (C=O) groups is 2. The first-order valence-electron chi connectivity index (χ1n) is 11.3. The van der Waals surface area contributed by atoms with E-state index in [1.165, 1.54) is 12.0 Å². The Morgan fingerprint density at radius 2 is 1.84 bits per heavy atom. The standard InChI is InChI=1S/C24H32N4O3/c1-19-23(31-18-25-19)24(30)28-11-5-8-21(17-28)9-10-22(29)27-14-12-26(13-15-27)16-20-6-3-2-4-7-20/h2-4,6-7,18,21H,5,8-17H2,1H3/t21-/m0/s1. The Morgan fingerprint density at radius 1 is 1.06 bits per heavy atom. The summed E-state index contributed by atoms with van der Waals surface area (Å²) in [7, 11) is 0. The number of benzene rings is 1. The number of hydrogen-bond donors (Lipinski definition) is 0. The molecule has 2 aliphatic heterocycles. The smallest absolute Gasteiger partial charge is 0.291 e. The van der Waals surface area contributed by atoms with Gasteiger partial charge in [-0.3, -0.25) is 14.5 Å². The summed E-state index contributed by atoms with van der Waals surface area (Å²) in [6.45, 7) is 7.60. The van der Waals surface area contributed by atoms with Crippen molar-refractivity contribution in [2.75, 3.05) is 39.3 Å². The lowest BCUT2D eigenvalue weighted by Crippen LogP contribution is -2.48. The molecule has 0 saturated carbocycles. The minimum absolute atomic E-state index is 0.0828. The molecule has 3 heterocycles. The lowest BCUT2D eigenvalue weighted by molar-refractivity contribution is -0.133. The average Bonchev–Trinajstić information content (AvgIpc) is 3.24. The van der Waals surface area contributed by atoms with Crippen LogP contribution in [0.2, 0.25) is 0 Å².